The first-order valence-electron chi connectivity index (χ1n) is 5.48. The van der Waals surface area contributed by atoms with Gasteiger partial charge in [0.15, 0.2) is 0 Å². The van der Waals surface area contributed by atoms with Gasteiger partial charge in [-0.3, -0.25) is 0 Å². The molecule has 0 saturated heterocycles. The van der Waals surface area contributed by atoms with Crippen LogP contribution in [0.25, 0.3) is 0 Å². The maximum atomic E-state index is 11.4. The molecule has 15 heavy (non-hydrogen) atoms. The molecule has 0 atom stereocenters. The molecule has 0 radical (unpaired) electrons. The molecule has 4 heteroatoms. The highest BCUT2D eigenvalue weighted by atomic mass is 16.6. The molecule has 3 aliphatic rings. The Bertz CT molecular complexity index is 274. The van der Waals surface area contributed by atoms with Crippen LogP contribution in [0.3, 0.4) is 0 Å². The second-order valence-corrected chi connectivity index (χ2v) is 6.25. The molecule has 0 aromatic carbocycles. The lowest BCUT2D eigenvalue weighted by Crippen LogP contribution is -2.74. The second kappa shape index (κ2) is 2.88. The summed E-state index contributed by atoms with van der Waals surface area (Å²) in [5, 5.41) is 2.82. The third kappa shape index (κ3) is 2.09. The van der Waals surface area contributed by atoms with Crippen LogP contribution in [0.5, 0.6) is 0 Å². The minimum absolute atomic E-state index is 0.107. The highest BCUT2D eigenvalue weighted by Crippen LogP contribution is 2.65. The van der Waals surface area contributed by atoms with E-state index in [9.17, 15) is 4.79 Å². The fourth-order valence-corrected chi connectivity index (χ4v) is 2.85. The van der Waals surface area contributed by atoms with E-state index in [1.54, 1.807) is 0 Å². The van der Waals surface area contributed by atoms with Crippen LogP contribution in [-0.4, -0.2) is 23.8 Å². The standard InChI is InChI=1S/C11H20N2O2/c1-9(2,3)15-8(14)13-7-10-4-11(12,5-10)6-10/h4-7,12H2,1-3H3,(H,13,14). The third-order valence-electron chi connectivity index (χ3n) is 3.19. The Balaban J connectivity index is 1.69. The average molecular weight is 212 g/mol. The average Bonchev–Trinajstić information content (AvgIpc) is 1.90. The first kappa shape index (κ1) is 10.7. The summed E-state index contributed by atoms with van der Waals surface area (Å²) in [7, 11) is 0. The van der Waals surface area contributed by atoms with E-state index in [1.165, 1.54) is 0 Å². The molecule has 0 spiro atoms. The van der Waals surface area contributed by atoms with Gasteiger partial charge in [0.2, 0.25) is 0 Å². The van der Waals surface area contributed by atoms with E-state index in [1.807, 2.05) is 20.8 Å². The summed E-state index contributed by atoms with van der Waals surface area (Å²) in [5.74, 6) is 0. The Morgan fingerprint density at radius 1 is 1.40 bits per heavy atom. The number of nitrogens with one attached hydrogen (secondary N) is 1. The highest BCUT2D eigenvalue weighted by molar-refractivity contribution is 5.67. The Morgan fingerprint density at radius 3 is 2.33 bits per heavy atom. The molecule has 0 unspecified atom stereocenters. The number of hydrogen-bond acceptors (Lipinski definition) is 3. The van der Waals surface area contributed by atoms with Crippen LogP contribution in [0.2, 0.25) is 0 Å². The van der Waals surface area contributed by atoms with Crippen LogP contribution >= 0.6 is 0 Å². The number of nitrogens with two attached hydrogens (primary N) is 1. The monoisotopic (exact) mass is 212 g/mol. The van der Waals surface area contributed by atoms with Crippen LogP contribution in [0, 0.1) is 5.41 Å². The molecule has 3 N–H and O–H groups in total. The quantitative estimate of drug-likeness (QED) is 0.727. The summed E-state index contributed by atoms with van der Waals surface area (Å²) >= 11 is 0. The lowest BCUT2D eigenvalue weighted by molar-refractivity contribution is -0.127. The number of alkyl carbamates (subject to hydrolysis) is 1. The molecule has 3 saturated carbocycles. The van der Waals surface area contributed by atoms with Crippen molar-refractivity contribution in [2.45, 2.75) is 51.2 Å². The van der Waals surface area contributed by atoms with Gasteiger partial charge in [0.05, 0.1) is 0 Å². The predicted molar refractivity (Wildman–Crippen MR) is 57.4 cm³/mol. The topological polar surface area (TPSA) is 64.3 Å². The zero-order valence-corrected chi connectivity index (χ0v) is 9.72. The molecule has 3 rings (SSSR count). The molecule has 3 aliphatic carbocycles. The number of carbonyl (C=O) groups excluding carboxylic acids is 1. The minimum atomic E-state index is -0.418. The van der Waals surface area contributed by atoms with E-state index in [0.717, 1.165) is 19.3 Å². The van der Waals surface area contributed by atoms with Crippen molar-refractivity contribution in [3.05, 3.63) is 0 Å². The third-order valence-corrected chi connectivity index (χ3v) is 3.19. The number of carbonyl (C=O) groups is 1. The Kier molecular flexibility index (Phi) is 2.06. The fraction of sp³-hybridized carbons (Fsp3) is 0.909. The van der Waals surface area contributed by atoms with Gasteiger partial charge in [-0.2, -0.15) is 0 Å². The van der Waals surface area contributed by atoms with Crippen molar-refractivity contribution in [2.75, 3.05) is 6.54 Å². The van der Waals surface area contributed by atoms with Crippen molar-refractivity contribution < 1.29 is 9.53 Å². The van der Waals surface area contributed by atoms with Crippen LogP contribution in [0.4, 0.5) is 4.79 Å². The molecule has 0 heterocycles. The summed E-state index contributed by atoms with van der Waals surface area (Å²) in [6, 6.07) is 0. The fourth-order valence-electron chi connectivity index (χ4n) is 2.85. The lowest BCUT2D eigenvalue weighted by Gasteiger charge is -2.69. The molecule has 2 bridgehead atoms. The normalized spacial score (nSPS) is 37.6. The zero-order valence-electron chi connectivity index (χ0n) is 9.72. The van der Waals surface area contributed by atoms with Crippen molar-refractivity contribution in [3.8, 4) is 0 Å². The molecule has 3 fully saturated rings. The first-order valence-corrected chi connectivity index (χ1v) is 5.48. The van der Waals surface area contributed by atoms with Crippen molar-refractivity contribution in [1.82, 2.24) is 5.32 Å². The minimum Gasteiger partial charge on any atom is -0.444 e. The Hall–Kier alpha value is -0.770. The molecular weight excluding hydrogens is 192 g/mol. The molecule has 0 aliphatic heterocycles. The van der Waals surface area contributed by atoms with Crippen molar-refractivity contribution in [3.63, 3.8) is 0 Å². The van der Waals surface area contributed by atoms with Crippen LogP contribution in [0.15, 0.2) is 0 Å². The highest BCUT2D eigenvalue weighted by Gasteiger charge is 2.65. The van der Waals surface area contributed by atoms with Crippen molar-refractivity contribution >= 4 is 6.09 Å². The van der Waals surface area contributed by atoms with Gasteiger partial charge in [-0.05, 0) is 45.4 Å². The van der Waals surface area contributed by atoms with Crippen LogP contribution in [-0.2, 0) is 4.74 Å². The maximum absolute atomic E-state index is 11.4. The lowest BCUT2D eigenvalue weighted by atomic mass is 9.40. The van der Waals surface area contributed by atoms with Gasteiger partial charge in [-0.25, -0.2) is 4.79 Å². The summed E-state index contributed by atoms with van der Waals surface area (Å²) < 4.78 is 5.16. The van der Waals surface area contributed by atoms with Gasteiger partial charge in [-0.1, -0.05) is 0 Å². The summed E-state index contributed by atoms with van der Waals surface area (Å²) in [5.41, 5.74) is 5.92. The SMILES string of the molecule is CC(C)(C)OC(=O)NCC12CC(N)(C1)C2. The van der Waals surface area contributed by atoms with E-state index >= 15 is 0 Å². The Morgan fingerprint density at radius 2 is 1.93 bits per heavy atom. The molecule has 0 aromatic rings. The van der Waals surface area contributed by atoms with Gasteiger partial charge in [-0.15, -0.1) is 0 Å². The largest absolute Gasteiger partial charge is 0.444 e. The van der Waals surface area contributed by atoms with Gasteiger partial charge in [0.1, 0.15) is 5.60 Å². The molecule has 4 nitrogen and oxygen atoms in total. The van der Waals surface area contributed by atoms with Crippen molar-refractivity contribution in [1.29, 1.82) is 0 Å². The molecule has 0 aromatic heterocycles. The van der Waals surface area contributed by atoms with Gasteiger partial charge in [0.25, 0.3) is 0 Å². The van der Waals surface area contributed by atoms with E-state index in [2.05, 4.69) is 5.32 Å². The smallest absolute Gasteiger partial charge is 0.407 e. The van der Waals surface area contributed by atoms with E-state index in [-0.39, 0.29) is 11.6 Å². The van der Waals surface area contributed by atoms with Gasteiger partial charge < -0.3 is 15.8 Å². The van der Waals surface area contributed by atoms with Gasteiger partial charge in [0, 0.05) is 12.1 Å². The van der Waals surface area contributed by atoms with Crippen LogP contribution in [0.1, 0.15) is 40.0 Å². The van der Waals surface area contributed by atoms with E-state index in [4.69, 9.17) is 10.5 Å². The van der Waals surface area contributed by atoms with E-state index in [0.29, 0.717) is 12.0 Å². The second-order valence-electron chi connectivity index (χ2n) is 6.25. The van der Waals surface area contributed by atoms with Crippen LogP contribution < -0.4 is 11.1 Å². The number of amides is 1. The molecule has 86 valence electrons. The zero-order chi connectivity index (χ0) is 11.3. The van der Waals surface area contributed by atoms with E-state index < -0.39 is 5.60 Å². The summed E-state index contributed by atoms with van der Waals surface area (Å²) in [4.78, 5) is 11.4. The molecular formula is C11H20N2O2. The first-order chi connectivity index (χ1) is 6.72. The number of rotatable bonds is 2. The summed E-state index contributed by atoms with van der Waals surface area (Å²) in [6.07, 6.45) is 2.83. The number of hydrogen-bond donors (Lipinski definition) is 2. The maximum Gasteiger partial charge on any atom is 0.407 e. The van der Waals surface area contributed by atoms with Gasteiger partial charge >= 0.3 is 6.09 Å². The predicted octanol–water partition coefficient (Wildman–Crippen LogP) is 1.39. The molecule has 1 amide bonds. The Labute approximate surface area is 90.5 Å². The summed E-state index contributed by atoms with van der Waals surface area (Å²) in [6.45, 7) is 6.30. The number of ether oxygens (including phenoxy) is 1. The van der Waals surface area contributed by atoms with Crippen molar-refractivity contribution in [2.24, 2.45) is 11.1 Å².